The number of carboxylic acids is 2. The number of benzene rings is 1. The summed E-state index contributed by atoms with van der Waals surface area (Å²) in [6, 6.07) is 5.13. The number of hydrazine groups is 1. The van der Waals surface area contributed by atoms with Crippen LogP contribution in [0, 0.1) is 11.8 Å². The number of aliphatic carboxylic acids is 1. The molecule has 1 unspecified atom stereocenters. The summed E-state index contributed by atoms with van der Waals surface area (Å²) in [6.07, 6.45) is -0.421. The molecule has 4 rings (SSSR count). The number of carbonyl (C=O) groups excluding carboxylic acids is 2. The number of anilines is 1. The maximum Gasteiger partial charge on any atom is 0.353 e. The largest absolute Gasteiger partial charge is 0.478 e. The van der Waals surface area contributed by atoms with Gasteiger partial charge >= 0.3 is 11.9 Å². The molecule has 1 aromatic carbocycles. The van der Waals surface area contributed by atoms with Crippen LogP contribution in [-0.4, -0.2) is 74.0 Å². The summed E-state index contributed by atoms with van der Waals surface area (Å²) < 4.78 is 0. The molecule has 0 radical (unpaired) electrons. The lowest BCUT2D eigenvalue weighted by atomic mass is 9.79. The van der Waals surface area contributed by atoms with Gasteiger partial charge in [-0.2, -0.15) is 0 Å². The zero-order chi connectivity index (χ0) is 24.7. The van der Waals surface area contributed by atoms with Gasteiger partial charge in [0.25, 0.3) is 5.91 Å². The Bertz CT molecular complexity index is 1080. The average molecular weight is 491 g/mol. The minimum atomic E-state index is -1.18. The Morgan fingerprint density at radius 3 is 2.62 bits per heavy atom. The SMILES string of the molecule is CC(O)[C@H]1C(=O)N2C(C(=O)O)=C(S[C@@H]3CN[C@H](C(=O)NNc4cccc(C(=O)O)c4)C3)[C@H](C)[C@H]12. The lowest BCUT2D eigenvalue weighted by molar-refractivity contribution is -0.163. The van der Waals surface area contributed by atoms with Gasteiger partial charge < -0.3 is 25.5 Å². The van der Waals surface area contributed by atoms with E-state index in [0.717, 1.165) is 0 Å². The fraction of sp³-hybridized carbons (Fsp3) is 0.455. The first kappa shape index (κ1) is 24.0. The van der Waals surface area contributed by atoms with Gasteiger partial charge in [-0.15, -0.1) is 11.8 Å². The van der Waals surface area contributed by atoms with Crippen LogP contribution in [0.15, 0.2) is 34.9 Å². The molecule has 0 aromatic heterocycles. The van der Waals surface area contributed by atoms with E-state index in [0.29, 0.717) is 23.6 Å². The molecule has 12 heteroatoms. The second-order valence-corrected chi connectivity index (χ2v) is 10.1. The van der Waals surface area contributed by atoms with E-state index >= 15 is 0 Å². The predicted octanol–water partition coefficient (Wildman–Crippen LogP) is 0.445. The van der Waals surface area contributed by atoms with Crippen LogP contribution in [0.2, 0.25) is 0 Å². The minimum Gasteiger partial charge on any atom is -0.478 e. The Hall–Kier alpha value is -3.09. The number of aliphatic hydroxyl groups excluding tert-OH is 1. The number of amides is 2. The summed E-state index contributed by atoms with van der Waals surface area (Å²) in [4.78, 5) is 50.0. The van der Waals surface area contributed by atoms with Crippen LogP contribution < -0.4 is 16.2 Å². The fourth-order valence-corrected chi connectivity index (χ4v) is 6.28. The Kier molecular flexibility index (Phi) is 6.56. The molecule has 0 bridgehead atoms. The van der Waals surface area contributed by atoms with Crippen molar-refractivity contribution in [1.29, 1.82) is 0 Å². The number of hydrogen-bond acceptors (Lipinski definition) is 8. The summed E-state index contributed by atoms with van der Waals surface area (Å²) in [5.74, 6) is -3.81. The number of nitrogens with one attached hydrogen (secondary N) is 3. The minimum absolute atomic E-state index is 0.0303. The van der Waals surface area contributed by atoms with E-state index in [2.05, 4.69) is 16.2 Å². The average Bonchev–Trinajstić information content (AvgIpc) is 3.34. The van der Waals surface area contributed by atoms with Crippen LogP contribution in [0.5, 0.6) is 0 Å². The number of aromatic carboxylic acids is 1. The van der Waals surface area contributed by atoms with Crippen LogP contribution in [-0.2, 0) is 14.4 Å². The van der Waals surface area contributed by atoms with Crippen molar-refractivity contribution in [2.45, 2.75) is 43.7 Å². The van der Waals surface area contributed by atoms with Crippen LogP contribution in [0.1, 0.15) is 30.6 Å². The molecule has 0 saturated carbocycles. The van der Waals surface area contributed by atoms with E-state index in [1.807, 2.05) is 6.92 Å². The van der Waals surface area contributed by atoms with Crippen LogP contribution in [0.25, 0.3) is 0 Å². The van der Waals surface area contributed by atoms with E-state index < -0.39 is 30.0 Å². The van der Waals surface area contributed by atoms with E-state index in [-0.39, 0.29) is 40.3 Å². The summed E-state index contributed by atoms with van der Waals surface area (Å²) in [6.45, 7) is 3.87. The van der Waals surface area contributed by atoms with Crippen molar-refractivity contribution in [2.75, 3.05) is 12.0 Å². The fourth-order valence-electron chi connectivity index (χ4n) is 4.80. The Morgan fingerprint density at radius 2 is 1.97 bits per heavy atom. The first-order valence-corrected chi connectivity index (χ1v) is 11.8. The van der Waals surface area contributed by atoms with Crippen molar-refractivity contribution >= 4 is 41.2 Å². The van der Waals surface area contributed by atoms with E-state index in [9.17, 15) is 29.4 Å². The highest BCUT2D eigenvalue weighted by Crippen LogP contribution is 2.51. The molecule has 3 heterocycles. The number of aliphatic hydroxyl groups is 1. The maximum absolute atomic E-state index is 12.6. The van der Waals surface area contributed by atoms with Gasteiger partial charge in [0.15, 0.2) is 0 Å². The highest BCUT2D eigenvalue weighted by atomic mass is 32.2. The molecule has 3 aliphatic heterocycles. The molecule has 2 saturated heterocycles. The quantitative estimate of drug-likeness (QED) is 0.222. The number of carboxylic acid groups (broad SMARTS) is 2. The Morgan fingerprint density at radius 1 is 1.24 bits per heavy atom. The number of hydrogen-bond donors (Lipinski definition) is 6. The van der Waals surface area contributed by atoms with Crippen molar-refractivity contribution in [2.24, 2.45) is 11.8 Å². The van der Waals surface area contributed by atoms with Crippen LogP contribution in [0.4, 0.5) is 5.69 Å². The highest BCUT2D eigenvalue weighted by Gasteiger charge is 2.60. The molecular weight excluding hydrogens is 464 g/mol. The lowest BCUT2D eigenvalue weighted by Crippen LogP contribution is -2.63. The molecule has 1 aromatic rings. The molecule has 0 spiro atoms. The molecule has 6 atom stereocenters. The standard InChI is InChI=1S/C22H26N4O7S/c1-9-16-15(10(2)27)20(29)26(16)17(22(32)33)18(9)34-13-7-14(23-8-13)19(28)25-24-12-5-3-4-11(6-12)21(30)31/h3-6,9-10,13-16,23-24,27H,7-8H2,1-2H3,(H,25,28)(H,30,31)(H,32,33)/t9-,10?,13+,14+,15-,16-/m1/s1. The first-order valence-electron chi connectivity index (χ1n) is 10.9. The second kappa shape index (κ2) is 9.28. The van der Waals surface area contributed by atoms with Gasteiger partial charge in [-0.1, -0.05) is 13.0 Å². The predicted molar refractivity (Wildman–Crippen MR) is 123 cm³/mol. The van der Waals surface area contributed by atoms with Crippen molar-refractivity contribution in [3.8, 4) is 0 Å². The molecular formula is C22H26N4O7S. The molecule has 0 aliphatic carbocycles. The number of rotatable bonds is 8. The molecule has 182 valence electrons. The van der Waals surface area contributed by atoms with Crippen molar-refractivity contribution in [3.63, 3.8) is 0 Å². The Balaban J connectivity index is 1.38. The summed E-state index contributed by atoms with van der Waals surface area (Å²) >= 11 is 1.36. The normalized spacial score (nSPS) is 28.9. The third-order valence-corrected chi connectivity index (χ3v) is 7.96. The molecule has 34 heavy (non-hydrogen) atoms. The van der Waals surface area contributed by atoms with E-state index in [4.69, 9.17) is 5.11 Å². The summed E-state index contributed by atoms with van der Waals surface area (Å²) in [5, 5.41) is 31.8. The molecule has 3 aliphatic rings. The zero-order valence-electron chi connectivity index (χ0n) is 18.5. The van der Waals surface area contributed by atoms with Gasteiger partial charge in [-0.3, -0.25) is 20.4 Å². The topological polar surface area (TPSA) is 168 Å². The number of fused-ring (bicyclic) bond motifs is 1. The van der Waals surface area contributed by atoms with Gasteiger partial charge in [-0.25, -0.2) is 9.59 Å². The highest BCUT2D eigenvalue weighted by molar-refractivity contribution is 8.03. The van der Waals surface area contributed by atoms with Crippen LogP contribution >= 0.6 is 11.8 Å². The zero-order valence-corrected chi connectivity index (χ0v) is 19.3. The van der Waals surface area contributed by atoms with Gasteiger partial charge in [0.1, 0.15) is 5.70 Å². The van der Waals surface area contributed by atoms with Crippen molar-refractivity contribution in [1.82, 2.24) is 15.6 Å². The third-order valence-electron chi connectivity index (χ3n) is 6.45. The van der Waals surface area contributed by atoms with Crippen molar-refractivity contribution < 1.29 is 34.5 Å². The first-order chi connectivity index (χ1) is 16.1. The number of nitrogens with zero attached hydrogens (tertiary/aromatic N) is 1. The molecule has 2 amide bonds. The molecule has 2 fully saturated rings. The van der Waals surface area contributed by atoms with E-state index in [1.165, 1.54) is 35.7 Å². The smallest absolute Gasteiger partial charge is 0.353 e. The van der Waals surface area contributed by atoms with Crippen LogP contribution in [0.3, 0.4) is 0 Å². The number of carbonyl (C=O) groups is 4. The summed E-state index contributed by atoms with van der Waals surface area (Å²) in [7, 11) is 0. The molecule has 11 nitrogen and oxygen atoms in total. The second-order valence-electron chi connectivity index (χ2n) is 8.71. The summed E-state index contributed by atoms with van der Waals surface area (Å²) in [5.41, 5.74) is 5.76. The van der Waals surface area contributed by atoms with Gasteiger partial charge in [0, 0.05) is 22.6 Å². The van der Waals surface area contributed by atoms with Gasteiger partial charge in [-0.05, 0) is 31.5 Å². The van der Waals surface area contributed by atoms with Gasteiger partial charge in [0.05, 0.1) is 35.4 Å². The van der Waals surface area contributed by atoms with Crippen molar-refractivity contribution in [3.05, 3.63) is 40.4 Å². The van der Waals surface area contributed by atoms with Gasteiger partial charge in [0.2, 0.25) is 5.91 Å². The lowest BCUT2D eigenvalue weighted by Gasteiger charge is -2.46. The number of thioether (sulfide) groups is 1. The molecule has 6 N–H and O–H groups in total. The third kappa shape index (κ3) is 4.24. The van der Waals surface area contributed by atoms with E-state index in [1.54, 1.807) is 12.1 Å². The maximum atomic E-state index is 12.6. The monoisotopic (exact) mass is 490 g/mol. The Labute approximate surface area is 199 Å². The number of β-lactam (4-membered cyclic amide) rings is 1.